The van der Waals surface area contributed by atoms with Crippen LogP contribution in [0, 0.1) is 5.92 Å². The van der Waals surface area contributed by atoms with Crippen LogP contribution >= 0.6 is 12.4 Å². The molecular weight excluding hydrogens is 260 g/mol. The molecule has 1 aromatic rings. The molecule has 0 aromatic heterocycles. The summed E-state index contributed by atoms with van der Waals surface area (Å²) in [6, 6.07) is 8.03. The number of rotatable bonds is 2. The number of hydrogen-bond donors (Lipinski definition) is 1. The summed E-state index contributed by atoms with van der Waals surface area (Å²) in [6.45, 7) is 4.03. The molecule has 3 rings (SSSR count). The summed E-state index contributed by atoms with van der Waals surface area (Å²) in [5.41, 5.74) is 2.13. The van der Waals surface area contributed by atoms with Crippen molar-refractivity contribution >= 4 is 18.3 Å². The van der Waals surface area contributed by atoms with Gasteiger partial charge < -0.3 is 10.2 Å². The molecule has 1 fully saturated rings. The molecule has 1 saturated heterocycles. The molecule has 1 aromatic carbocycles. The van der Waals surface area contributed by atoms with Gasteiger partial charge in [-0.2, -0.15) is 0 Å². The lowest BCUT2D eigenvalue weighted by atomic mass is 9.94. The van der Waals surface area contributed by atoms with Gasteiger partial charge in [0.05, 0.1) is 0 Å². The predicted molar refractivity (Wildman–Crippen MR) is 78.9 cm³/mol. The van der Waals surface area contributed by atoms with Crippen LogP contribution in [-0.4, -0.2) is 37.0 Å². The molecule has 0 atom stereocenters. The lowest BCUT2D eigenvalue weighted by molar-refractivity contribution is 0.0699. The summed E-state index contributed by atoms with van der Waals surface area (Å²) < 4.78 is 0. The second kappa shape index (κ2) is 6.40. The fourth-order valence-corrected chi connectivity index (χ4v) is 3.02. The first-order chi connectivity index (χ1) is 8.84. The van der Waals surface area contributed by atoms with Crippen LogP contribution in [0.5, 0.6) is 0 Å². The molecule has 1 N–H and O–H groups in total. The molecule has 4 heteroatoms. The van der Waals surface area contributed by atoms with Crippen LogP contribution in [0.25, 0.3) is 0 Å². The van der Waals surface area contributed by atoms with E-state index in [9.17, 15) is 4.79 Å². The number of benzene rings is 1. The van der Waals surface area contributed by atoms with Gasteiger partial charge in [0, 0.05) is 18.7 Å². The average Bonchev–Trinajstić information content (AvgIpc) is 2.43. The van der Waals surface area contributed by atoms with Crippen molar-refractivity contribution < 1.29 is 4.79 Å². The molecule has 3 nitrogen and oxygen atoms in total. The second-order valence-electron chi connectivity index (χ2n) is 5.35. The first kappa shape index (κ1) is 14.4. The number of halogens is 1. The van der Waals surface area contributed by atoms with Crippen LogP contribution in [0.2, 0.25) is 0 Å². The molecule has 0 radical (unpaired) electrons. The van der Waals surface area contributed by atoms with Crippen LogP contribution in [0.15, 0.2) is 24.3 Å². The Hall–Kier alpha value is -1.06. The Balaban J connectivity index is 0.00000133. The van der Waals surface area contributed by atoms with Crippen molar-refractivity contribution in [3.8, 4) is 0 Å². The number of fused-ring (bicyclic) bond motifs is 1. The summed E-state index contributed by atoms with van der Waals surface area (Å²) in [7, 11) is 0. The summed E-state index contributed by atoms with van der Waals surface area (Å²) in [5, 5.41) is 3.38. The van der Waals surface area contributed by atoms with Crippen molar-refractivity contribution in [3.05, 3.63) is 35.4 Å². The molecule has 0 aliphatic carbocycles. The molecule has 1 amide bonds. The van der Waals surface area contributed by atoms with Gasteiger partial charge in [-0.15, -0.1) is 12.4 Å². The monoisotopic (exact) mass is 280 g/mol. The highest BCUT2D eigenvalue weighted by Crippen LogP contribution is 2.21. The van der Waals surface area contributed by atoms with E-state index in [1.165, 1.54) is 18.4 Å². The van der Waals surface area contributed by atoms with Crippen LogP contribution in [0.1, 0.15) is 28.8 Å². The predicted octanol–water partition coefficient (Wildman–Crippen LogP) is 2.11. The van der Waals surface area contributed by atoms with Crippen molar-refractivity contribution in [2.45, 2.75) is 19.3 Å². The molecule has 0 bridgehead atoms. The highest BCUT2D eigenvalue weighted by molar-refractivity contribution is 5.96. The van der Waals surface area contributed by atoms with E-state index in [2.05, 4.69) is 16.3 Å². The summed E-state index contributed by atoms with van der Waals surface area (Å²) in [5.74, 6) is 0.913. The minimum absolute atomic E-state index is 0. The first-order valence-electron chi connectivity index (χ1n) is 6.92. The third-order valence-electron chi connectivity index (χ3n) is 4.12. The zero-order valence-electron chi connectivity index (χ0n) is 11.1. The molecule has 0 saturated carbocycles. The molecule has 19 heavy (non-hydrogen) atoms. The smallest absolute Gasteiger partial charge is 0.254 e. The van der Waals surface area contributed by atoms with Crippen LogP contribution < -0.4 is 5.32 Å². The lowest BCUT2D eigenvalue weighted by Gasteiger charge is -2.33. The van der Waals surface area contributed by atoms with Crippen LogP contribution in [0.3, 0.4) is 0 Å². The number of carbonyl (C=O) groups is 1. The van der Waals surface area contributed by atoms with Crippen molar-refractivity contribution in [1.29, 1.82) is 0 Å². The largest absolute Gasteiger partial charge is 0.338 e. The third-order valence-corrected chi connectivity index (χ3v) is 4.12. The van der Waals surface area contributed by atoms with Gasteiger partial charge in [-0.25, -0.2) is 0 Å². The minimum Gasteiger partial charge on any atom is -0.338 e. The summed E-state index contributed by atoms with van der Waals surface area (Å²) in [4.78, 5) is 14.5. The Morgan fingerprint density at radius 1 is 1.21 bits per heavy atom. The second-order valence-corrected chi connectivity index (χ2v) is 5.35. The Bertz CT molecular complexity index is 444. The topological polar surface area (TPSA) is 32.3 Å². The van der Waals surface area contributed by atoms with Gasteiger partial charge in [-0.3, -0.25) is 4.79 Å². The third kappa shape index (κ3) is 3.10. The van der Waals surface area contributed by atoms with Gasteiger partial charge >= 0.3 is 0 Å². The maximum Gasteiger partial charge on any atom is 0.254 e. The van der Waals surface area contributed by atoms with E-state index >= 15 is 0 Å². The molecule has 0 unspecified atom stereocenters. The Morgan fingerprint density at radius 3 is 2.74 bits per heavy atom. The van der Waals surface area contributed by atoms with Crippen molar-refractivity contribution in [2.75, 3.05) is 26.2 Å². The normalized spacial score (nSPS) is 19.8. The van der Waals surface area contributed by atoms with E-state index in [1.807, 2.05) is 18.2 Å². The quantitative estimate of drug-likeness (QED) is 0.900. The van der Waals surface area contributed by atoms with Crippen LogP contribution in [0.4, 0.5) is 0 Å². The lowest BCUT2D eigenvalue weighted by Crippen LogP contribution is -2.42. The van der Waals surface area contributed by atoms with Gasteiger partial charge in [0.2, 0.25) is 0 Å². The van der Waals surface area contributed by atoms with Gasteiger partial charge in [0.25, 0.3) is 5.91 Å². The van der Waals surface area contributed by atoms with E-state index in [0.29, 0.717) is 5.92 Å². The number of amides is 1. The van der Waals surface area contributed by atoms with E-state index in [4.69, 9.17) is 0 Å². The van der Waals surface area contributed by atoms with Gasteiger partial charge in [-0.05, 0) is 49.9 Å². The number of nitrogens with one attached hydrogen (secondary N) is 1. The number of piperidine rings is 1. The Morgan fingerprint density at radius 2 is 1.95 bits per heavy atom. The van der Waals surface area contributed by atoms with Crippen molar-refractivity contribution in [1.82, 2.24) is 10.2 Å². The highest BCUT2D eigenvalue weighted by atomic mass is 35.5. The Labute approximate surface area is 120 Å². The van der Waals surface area contributed by atoms with E-state index < -0.39 is 0 Å². The molecule has 2 aliphatic heterocycles. The molecule has 2 aliphatic rings. The average molecular weight is 281 g/mol. The molecule has 104 valence electrons. The van der Waals surface area contributed by atoms with Crippen molar-refractivity contribution in [2.24, 2.45) is 5.92 Å². The first-order valence-corrected chi connectivity index (χ1v) is 6.92. The summed E-state index contributed by atoms with van der Waals surface area (Å²) >= 11 is 0. The zero-order chi connectivity index (χ0) is 12.4. The highest BCUT2D eigenvalue weighted by Gasteiger charge is 2.26. The maximum atomic E-state index is 12.4. The van der Waals surface area contributed by atoms with E-state index in [-0.39, 0.29) is 18.3 Å². The number of hydrogen-bond acceptors (Lipinski definition) is 2. The van der Waals surface area contributed by atoms with Gasteiger partial charge in [0.15, 0.2) is 0 Å². The van der Waals surface area contributed by atoms with E-state index in [1.54, 1.807) is 0 Å². The molecule has 2 heterocycles. The van der Waals surface area contributed by atoms with Gasteiger partial charge in [-0.1, -0.05) is 18.2 Å². The SMILES string of the molecule is Cl.O=C1c2ccccc2CCN1CC1CCNCC1. The van der Waals surface area contributed by atoms with Crippen LogP contribution in [-0.2, 0) is 6.42 Å². The number of carbonyl (C=O) groups excluding carboxylic acids is 1. The van der Waals surface area contributed by atoms with Crippen molar-refractivity contribution in [3.63, 3.8) is 0 Å². The Kier molecular flexibility index (Phi) is 4.83. The standard InChI is InChI=1S/C15H20N2O.ClH/c18-15-14-4-2-1-3-13(14)7-10-17(15)11-12-5-8-16-9-6-12;/h1-4,12,16H,5-11H2;1H. The molecule has 0 spiro atoms. The summed E-state index contributed by atoms with van der Waals surface area (Å²) in [6.07, 6.45) is 3.41. The molecular formula is C15H21ClN2O. The zero-order valence-corrected chi connectivity index (χ0v) is 11.9. The fraction of sp³-hybridized carbons (Fsp3) is 0.533. The maximum absolute atomic E-state index is 12.4. The van der Waals surface area contributed by atoms with Gasteiger partial charge in [0.1, 0.15) is 0 Å². The minimum atomic E-state index is 0. The number of nitrogens with zero attached hydrogens (tertiary/aromatic N) is 1. The fourth-order valence-electron chi connectivity index (χ4n) is 3.02. The van der Waals surface area contributed by atoms with E-state index in [0.717, 1.165) is 38.2 Å².